The van der Waals surface area contributed by atoms with Crippen LogP contribution in [0.5, 0.6) is 0 Å². The highest BCUT2D eigenvalue weighted by atomic mass is 32.2. The van der Waals surface area contributed by atoms with Gasteiger partial charge in [0.1, 0.15) is 4.90 Å². The van der Waals surface area contributed by atoms with Crippen molar-refractivity contribution in [3.05, 3.63) is 11.4 Å². The van der Waals surface area contributed by atoms with Crippen molar-refractivity contribution in [3.8, 4) is 0 Å². The number of aromatic nitrogens is 2. The van der Waals surface area contributed by atoms with Crippen LogP contribution in [0, 0.1) is 13.8 Å². The molecule has 0 saturated heterocycles. The van der Waals surface area contributed by atoms with Crippen LogP contribution in [0.3, 0.4) is 0 Å². The topological polar surface area (TPSA) is 85.2 Å². The summed E-state index contributed by atoms with van der Waals surface area (Å²) in [6.07, 6.45) is 0. The monoisotopic (exact) mass is 318 g/mol. The van der Waals surface area contributed by atoms with E-state index in [9.17, 15) is 8.42 Å². The van der Waals surface area contributed by atoms with E-state index >= 15 is 0 Å². The smallest absolute Gasteiger partial charge is 0.244 e. The molecule has 2 N–H and O–H groups in total. The Morgan fingerprint density at radius 1 is 1.24 bits per heavy atom. The van der Waals surface area contributed by atoms with Crippen molar-refractivity contribution in [2.45, 2.75) is 39.1 Å². The minimum absolute atomic E-state index is 0.262. The average molecular weight is 318 g/mol. The Kier molecular flexibility index (Phi) is 7.30. The predicted molar refractivity (Wildman–Crippen MR) is 81.9 cm³/mol. The van der Waals surface area contributed by atoms with Crippen molar-refractivity contribution in [1.82, 2.24) is 19.8 Å². The van der Waals surface area contributed by atoms with E-state index in [1.807, 2.05) is 13.8 Å². The summed E-state index contributed by atoms with van der Waals surface area (Å²) in [7, 11) is -3.55. The standard InChI is InChI=1S/C13H26N4O3S/c1-5-14-7-9-17-12(4)13(11(3)16-17)21(18,19)15-8-10-20-6-2/h14-15H,5-10H2,1-4H3. The lowest BCUT2D eigenvalue weighted by Gasteiger charge is -2.08. The van der Waals surface area contributed by atoms with E-state index in [2.05, 4.69) is 15.1 Å². The number of rotatable bonds is 10. The van der Waals surface area contributed by atoms with E-state index in [1.54, 1.807) is 18.5 Å². The molecule has 0 fully saturated rings. The van der Waals surface area contributed by atoms with Crippen LogP contribution in [0.4, 0.5) is 0 Å². The fourth-order valence-electron chi connectivity index (χ4n) is 2.11. The molecule has 8 heteroatoms. The molecule has 1 aromatic rings. The van der Waals surface area contributed by atoms with Gasteiger partial charge in [0, 0.05) is 19.7 Å². The third-order valence-electron chi connectivity index (χ3n) is 3.08. The van der Waals surface area contributed by atoms with Crippen LogP contribution in [0.15, 0.2) is 4.90 Å². The maximum Gasteiger partial charge on any atom is 0.244 e. The second kappa shape index (κ2) is 8.47. The Balaban J connectivity index is 2.81. The van der Waals surface area contributed by atoms with Crippen LogP contribution in [-0.4, -0.2) is 51.0 Å². The molecule has 0 aliphatic heterocycles. The van der Waals surface area contributed by atoms with Gasteiger partial charge < -0.3 is 10.1 Å². The Bertz CT molecular complexity index is 540. The highest BCUT2D eigenvalue weighted by Crippen LogP contribution is 2.18. The first-order valence-electron chi connectivity index (χ1n) is 7.26. The SMILES string of the molecule is CCNCCn1nc(C)c(S(=O)(=O)NCCOCC)c1C. The Morgan fingerprint density at radius 3 is 2.57 bits per heavy atom. The lowest BCUT2D eigenvalue weighted by molar-refractivity contribution is 0.153. The normalized spacial score (nSPS) is 12.0. The predicted octanol–water partition coefficient (Wildman–Crippen LogP) is 0.424. The largest absolute Gasteiger partial charge is 0.380 e. The molecule has 0 amide bonds. The number of aryl methyl sites for hydroxylation is 1. The summed E-state index contributed by atoms with van der Waals surface area (Å²) in [5.74, 6) is 0. The summed E-state index contributed by atoms with van der Waals surface area (Å²) in [4.78, 5) is 0.274. The van der Waals surface area contributed by atoms with Gasteiger partial charge in [0.15, 0.2) is 0 Å². The van der Waals surface area contributed by atoms with Crippen LogP contribution >= 0.6 is 0 Å². The average Bonchev–Trinajstić information content (AvgIpc) is 2.70. The maximum absolute atomic E-state index is 12.3. The summed E-state index contributed by atoms with van der Waals surface area (Å²) >= 11 is 0. The maximum atomic E-state index is 12.3. The number of nitrogens with one attached hydrogen (secondary N) is 2. The molecule has 21 heavy (non-hydrogen) atoms. The number of sulfonamides is 1. The lowest BCUT2D eigenvalue weighted by Crippen LogP contribution is -2.28. The molecule has 1 aromatic heterocycles. The summed E-state index contributed by atoms with van der Waals surface area (Å²) in [6, 6.07) is 0. The minimum atomic E-state index is -3.55. The van der Waals surface area contributed by atoms with E-state index < -0.39 is 10.0 Å². The molecule has 0 aliphatic carbocycles. The Morgan fingerprint density at radius 2 is 1.95 bits per heavy atom. The van der Waals surface area contributed by atoms with Gasteiger partial charge in [-0.05, 0) is 27.3 Å². The fraction of sp³-hybridized carbons (Fsp3) is 0.769. The van der Waals surface area contributed by atoms with Gasteiger partial charge in [-0.15, -0.1) is 0 Å². The molecule has 1 rings (SSSR count). The van der Waals surface area contributed by atoms with Gasteiger partial charge in [0.25, 0.3) is 0 Å². The molecule has 0 spiro atoms. The number of ether oxygens (including phenoxy) is 1. The Hall–Kier alpha value is -0.960. The second-order valence-electron chi connectivity index (χ2n) is 4.67. The molecule has 7 nitrogen and oxygen atoms in total. The molecule has 0 aromatic carbocycles. The lowest BCUT2D eigenvalue weighted by atomic mass is 10.4. The first kappa shape index (κ1) is 18.1. The molecule has 0 unspecified atom stereocenters. The zero-order valence-corrected chi connectivity index (χ0v) is 14.1. The molecule has 0 atom stereocenters. The van der Waals surface area contributed by atoms with Gasteiger partial charge in [-0.3, -0.25) is 4.68 Å². The first-order valence-corrected chi connectivity index (χ1v) is 8.74. The van der Waals surface area contributed by atoms with Gasteiger partial charge in [-0.25, -0.2) is 13.1 Å². The molecule has 0 saturated carbocycles. The highest BCUT2D eigenvalue weighted by molar-refractivity contribution is 7.89. The zero-order chi connectivity index (χ0) is 15.9. The van der Waals surface area contributed by atoms with Gasteiger partial charge in [-0.1, -0.05) is 6.92 Å². The Labute approximate surface area is 127 Å². The fourth-order valence-corrected chi connectivity index (χ4v) is 3.53. The molecule has 0 bridgehead atoms. The van der Waals surface area contributed by atoms with Crippen LogP contribution in [0.1, 0.15) is 25.2 Å². The quantitative estimate of drug-likeness (QED) is 0.611. The van der Waals surface area contributed by atoms with Crippen molar-refractivity contribution >= 4 is 10.0 Å². The summed E-state index contributed by atoms with van der Waals surface area (Å²) in [6.45, 7) is 10.9. The third kappa shape index (κ3) is 5.06. The van der Waals surface area contributed by atoms with Crippen LogP contribution in [-0.2, 0) is 21.3 Å². The van der Waals surface area contributed by atoms with Crippen LogP contribution < -0.4 is 10.0 Å². The number of hydrogen-bond donors (Lipinski definition) is 2. The molecule has 122 valence electrons. The summed E-state index contributed by atoms with van der Waals surface area (Å²) in [5, 5.41) is 7.52. The van der Waals surface area contributed by atoms with Gasteiger partial charge in [-0.2, -0.15) is 5.10 Å². The molecular formula is C13H26N4O3S. The van der Waals surface area contributed by atoms with Gasteiger partial charge >= 0.3 is 0 Å². The molecule has 1 heterocycles. The molecule has 0 radical (unpaired) electrons. The van der Waals surface area contributed by atoms with E-state index in [1.165, 1.54) is 0 Å². The van der Waals surface area contributed by atoms with Crippen LogP contribution in [0.2, 0.25) is 0 Å². The first-order chi connectivity index (χ1) is 9.94. The summed E-state index contributed by atoms with van der Waals surface area (Å²) < 4.78 is 34.1. The van der Waals surface area contributed by atoms with Crippen LogP contribution in [0.25, 0.3) is 0 Å². The number of likely N-dealkylation sites (N-methyl/N-ethyl adjacent to an activating group) is 1. The van der Waals surface area contributed by atoms with Crippen molar-refractivity contribution in [2.75, 3.05) is 32.8 Å². The van der Waals surface area contributed by atoms with E-state index in [0.717, 1.165) is 13.1 Å². The van der Waals surface area contributed by atoms with Gasteiger partial charge in [0.2, 0.25) is 10.0 Å². The third-order valence-corrected chi connectivity index (χ3v) is 4.79. The molecule has 0 aliphatic rings. The highest BCUT2D eigenvalue weighted by Gasteiger charge is 2.23. The zero-order valence-electron chi connectivity index (χ0n) is 13.3. The van der Waals surface area contributed by atoms with Crippen molar-refractivity contribution < 1.29 is 13.2 Å². The van der Waals surface area contributed by atoms with Gasteiger partial charge in [0.05, 0.1) is 24.5 Å². The van der Waals surface area contributed by atoms with E-state index in [0.29, 0.717) is 31.1 Å². The number of nitrogens with zero attached hydrogens (tertiary/aromatic N) is 2. The van der Waals surface area contributed by atoms with E-state index in [4.69, 9.17) is 4.74 Å². The van der Waals surface area contributed by atoms with E-state index in [-0.39, 0.29) is 11.4 Å². The summed E-state index contributed by atoms with van der Waals surface area (Å²) in [5.41, 5.74) is 1.18. The minimum Gasteiger partial charge on any atom is -0.380 e. The molecular weight excluding hydrogens is 292 g/mol. The second-order valence-corrected chi connectivity index (χ2v) is 6.38. The van der Waals surface area contributed by atoms with Crippen molar-refractivity contribution in [2.24, 2.45) is 0 Å². The van der Waals surface area contributed by atoms with Crippen molar-refractivity contribution in [3.63, 3.8) is 0 Å². The number of hydrogen-bond acceptors (Lipinski definition) is 5. The van der Waals surface area contributed by atoms with Crippen molar-refractivity contribution in [1.29, 1.82) is 0 Å².